The van der Waals surface area contributed by atoms with Crippen molar-refractivity contribution in [3.63, 3.8) is 0 Å². The summed E-state index contributed by atoms with van der Waals surface area (Å²) >= 11 is 0. The zero-order valence-electron chi connectivity index (χ0n) is 14.3. The van der Waals surface area contributed by atoms with Crippen LogP contribution in [0.2, 0.25) is 0 Å². The molecule has 3 aromatic rings. The number of hydrogen-bond acceptors (Lipinski definition) is 7. The van der Waals surface area contributed by atoms with Gasteiger partial charge in [0, 0.05) is 25.6 Å². The molecule has 4 rings (SSSR count). The quantitative estimate of drug-likeness (QED) is 0.725. The Morgan fingerprint density at radius 2 is 2.00 bits per heavy atom. The van der Waals surface area contributed by atoms with Crippen molar-refractivity contribution < 1.29 is 4.42 Å². The maximum absolute atomic E-state index is 5.35. The standard InChI is InChI=1S/C16H21N7O/c1-16(2,3)14-19-18-12-5-6-13(20-23(12)14)22-9-11(10-22)21(4)15-17-7-8-24-15/h5-8,11H,9-10H2,1-4H3. The molecule has 3 aromatic heterocycles. The highest BCUT2D eigenvalue weighted by Gasteiger charge is 2.33. The van der Waals surface area contributed by atoms with Crippen LogP contribution in [0.3, 0.4) is 0 Å². The van der Waals surface area contributed by atoms with Gasteiger partial charge < -0.3 is 14.2 Å². The molecule has 24 heavy (non-hydrogen) atoms. The predicted molar refractivity (Wildman–Crippen MR) is 90.4 cm³/mol. The Morgan fingerprint density at radius 3 is 2.67 bits per heavy atom. The molecule has 0 radical (unpaired) electrons. The van der Waals surface area contributed by atoms with Crippen molar-refractivity contribution in [3.8, 4) is 0 Å². The molecule has 0 spiro atoms. The van der Waals surface area contributed by atoms with Gasteiger partial charge in [0.2, 0.25) is 0 Å². The summed E-state index contributed by atoms with van der Waals surface area (Å²) in [7, 11) is 2.00. The number of oxazole rings is 1. The summed E-state index contributed by atoms with van der Waals surface area (Å²) in [6, 6.07) is 4.98. The van der Waals surface area contributed by atoms with Gasteiger partial charge in [-0.3, -0.25) is 0 Å². The van der Waals surface area contributed by atoms with Crippen molar-refractivity contribution >= 4 is 17.5 Å². The SMILES string of the molecule is CN(c1ncco1)C1CN(c2ccc3nnc(C(C)(C)C)n3n2)C1. The Morgan fingerprint density at radius 1 is 1.21 bits per heavy atom. The van der Waals surface area contributed by atoms with Crippen molar-refractivity contribution in [2.75, 3.05) is 29.9 Å². The van der Waals surface area contributed by atoms with Crippen molar-refractivity contribution in [1.29, 1.82) is 0 Å². The minimum absolute atomic E-state index is 0.103. The smallest absolute Gasteiger partial charge is 0.297 e. The molecule has 8 heteroatoms. The lowest BCUT2D eigenvalue weighted by atomic mass is 9.96. The van der Waals surface area contributed by atoms with Crippen LogP contribution in [0.1, 0.15) is 26.6 Å². The fraction of sp³-hybridized carbons (Fsp3) is 0.500. The monoisotopic (exact) mass is 327 g/mol. The van der Waals surface area contributed by atoms with E-state index in [0.717, 1.165) is 30.4 Å². The molecule has 8 nitrogen and oxygen atoms in total. The van der Waals surface area contributed by atoms with E-state index in [2.05, 4.69) is 45.8 Å². The third-order valence-corrected chi connectivity index (χ3v) is 4.37. The largest absolute Gasteiger partial charge is 0.432 e. The fourth-order valence-corrected chi connectivity index (χ4v) is 2.85. The van der Waals surface area contributed by atoms with Gasteiger partial charge >= 0.3 is 0 Å². The number of hydrogen-bond donors (Lipinski definition) is 0. The van der Waals surface area contributed by atoms with E-state index in [1.54, 1.807) is 12.5 Å². The van der Waals surface area contributed by atoms with Gasteiger partial charge in [-0.2, -0.15) is 4.52 Å². The molecular formula is C16H21N7O. The van der Waals surface area contributed by atoms with Crippen LogP contribution >= 0.6 is 0 Å². The van der Waals surface area contributed by atoms with E-state index in [-0.39, 0.29) is 5.41 Å². The van der Waals surface area contributed by atoms with E-state index < -0.39 is 0 Å². The van der Waals surface area contributed by atoms with E-state index >= 15 is 0 Å². The predicted octanol–water partition coefficient (Wildman–Crippen LogP) is 1.73. The Balaban J connectivity index is 1.54. The molecular weight excluding hydrogens is 306 g/mol. The van der Waals surface area contributed by atoms with Gasteiger partial charge in [0.15, 0.2) is 11.5 Å². The molecule has 126 valence electrons. The summed E-state index contributed by atoms with van der Waals surface area (Å²) < 4.78 is 7.20. The third kappa shape index (κ3) is 2.38. The van der Waals surface area contributed by atoms with Crippen LogP contribution < -0.4 is 9.80 Å². The summed E-state index contributed by atoms with van der Waals surface area (Å²) in [5, 5.41) is 13.2. The van der Waals surface area contributed by atoms with Crippen LogP contribution in [-0.2, 0) is 5.41 Å². The zero-order valence-corrected chi connectivity index (χ0v) is 14.3. The second-order valence-corrected chi connectivity index (χ2v) is 7.22. The number of anilines is 2. The van der Waals surface area contributed by atoms with Gasteiger partial charge in [-0.1, -0.05) is 20.8 Å². The molecule has 0 aromatic carbocycles. The Hall–Kier alpha value is -2.64. The fourth-order valence-electron chi connectivity index (χ4n) is 2.85. The summed E-state index contributed by atoms with van der Waals surface area (Å²) in [6.07, 6.45) is 3.26. The Kier molecular flexibility index (Phi) is 3.22. The highest BCUT2D eigenvalue weighted by atomic mass is 16.4. The third-order valence-electron chi connectivity index (χ3n) is 4.37. The van der Waals surface area contributed by atoms with Crippen LogP contribution in [-0.4, -0.2) is 51.0 Å². The van der Waals surface area contributed by atoms with Crippen LogP contribution in [0.15, 0.2) is 29.0 Å². The van der Waals surface area contributed by atoms with Gasteiger partial charge in [0.25, 0.3) is 6.01 Å². The highest BCUT2D eigenvalue weighted by Crippen LogP contribution is 2.26. The summed E-state index contributed by atoms with van der Waals surface area (Å²) in [5.41, 5.74) is 0.672. The van der Waals surface area contributed by atoms with E-state index in [4.69, 9.17) is 9.52 Å². The molecule has 0 unspecified atom stereocenters. The first kappa shape index (κ1) is 14.9. The average Bonchev–Trinajstić information content (AvgIpc) is 3.14. The van der Waals surface area contributed by atoms with Crippen LogP contribution in [0.5, 0.6) is 0 Å². The molecule has 1 saturated heterocycles. The van der Waals surface area contributed by atoms with Crippen molar-refractivity contribution in [1.82, 2.24) is 24.8 Å². The van der Waals surface area contributed by atoms with Crippen molar-refractivity contribution in [3.05, 3.63) is 30.4 Å². The first-order valence-corrected chi connectivity index (χ1v) is 8.04. The summed E-state index contributed by atoms with van der Waals surface area (Å²) in [5.74, 6) is 1.80. The first-order chi connectivity index (χ1) is 11.4. The van der Waals surface area contributed by atoms with Gasteiger partial charge in [-0.15, -0.1) is 15.3 Å². The summed E-state index contributed by atoms with van der Waals surface area (Å²) in [4.78, 5) is 8.49. The molecule has 0 amide bonds. The minimum Gasteiger partial charge on any atom is -0.432 e. The molecule has 0 saturated carbocycles. The Labute approximate surface area is 140 Å². The number of likely N-dealkylation sites (N-methyl/N-ethyl adjacent to an activating group) is 1. The molecule has 4 heterocycles. The molecule has 1 aliphatic heterocycles. The molecule has 0 atom stereocenters. The van der Waals surface area contributed by atoms with Gasteiger partial charge in [-0.25, -0.2) is 4.98 Å². The van der Waals surface area contributed by atoms with E-state index in [9.17, 15) is 0 Å². The second-order valence-electron chi connectivity index (χ2n) is 7.22. The molecule has 0 N–H and O–H groups in total. The molecule has 0 aliphatic carbocycles. The lowest BCUT2D eigenvalue weighted by Crippen LogP contribution is -2.59. The Bertz CT molecular complexity index is 843. The number of rotatable bonds is 3. The number of nitrogens with zero attached hydrogens (tertiary/aromatic N) is 7. The average molecular weight is 327 g/mol. The van der Waals surface area contributed by atoms with Gasteiger partial charge in [0.05, 0.1) is 12.2 Å². The lowest BCUT2D eigenvalue weighted by molar-refractivity contribution is 0.447. The van der Waals surface area contributed by atoms with E-state index in [0.29, 0.717) is 12.1 Å². The maximum atomic E-state index is 5.35. The van der Waals surface area contributed by atoms with Gasteiger partial charge in [0.1, 0.15) is 12.1 Å². The number of aromatic nitrogens is 5. The van der Waals surface area contributed by atoms with E-state index in [1.165, 1.54) is 0 Å². The number of fused-ring (bicyclic) bond motifs is 1. The van der Waals surface area contributed by atoms with E-state index in [1.807, 2.05) is 23.7 Å². The minimum atomic E-state index is -0.103. The second kappa shape index (κ2) is 5.19. The van der Waals surface area contributed by atoms with Crippen molar-refractivity contribution in [2.24, 2.45) is 0 Å². The van der Waals surface area contributed by atoms with Gasteiger partial charge in [-0.05, 0) is 12.1 Å². The summed E-state index contributed by atoms with van der Waals surface area (Å²) in [6.45, 7) is 8.10. The maximum Gasteiger partial charge on any atom is 0.297 e. The van der Waals surface area contributed by atoms with Crippen molar-refractivity contribution in [2.45, 2.75) is 32.2 Å². The zero-order chi connectivity index (χ0) is 16.9. The molecule has 1 fully saturated rings. The van der Waals surface area contributed by atoms with Crippen LogP contribution in [0.4, 0.5) is 11.8 Å². The first-order valence-electron chi connectivity index (χ1n) is 8.04. The normalized spacial score (nSPS) is 15.8. The lowest BCUT2D eigenvalue weighted by Gasteiger charge is -2.43. The highest BCUT2D eigenvalue weighted by molar-refractivity contribution is 5.49. The van der Waals surface area contributed by atoms with Crippen LogP contribution in [0, 0.1) is 0 Å². The molecule has 0 bridgehead atoms. The van der Waals surface area contributed by atoms with Crippen LogP contribution in [0.25, 0.3) is 5.65 Å². The molecule has 1 aliphatic rings. The topological polar surface area (TPSA) is 75.6 Å².